The molecule has 2 fully saturated rings. The van der Waals surface area contributed by atoms with Crippen molar-refractivity contribution in [1.29, 1.82) is 0 Å². The van der Waals surface area contributed by atoms with Crippen LogP contribution in [0, 0.1) is 13.8 Å². The molecular formula is C25H36N4O5S. The van der Waals surface area contributed by atoms with E-state index in [0.717, 1.165) is 25.9 Å². The third-order valence-electron chi connectivity index (χ3n) is 5.93. The van der Waals surface area contributed by atoms with Crippen molar-refractivity contribution in [3.8, 4) is 5.75 Å². The van der Waals surface area contributed by atoms with Gasteiger partial charge in [-0.1, -0.05) is 0 Å². The van der Waals surface area contributed by atoms with E-state index in [2.05, 4.69) is 4.98 Å². The SMILES string of the molecule is CC(=O)N1CCCC1.Cc1nc2sc(C(=O)OC(C)(C)C)c(N)c2c(C)c1OC(=O)N1CCCC1. The van der Waals surface area contributed by atoms with Gasteiger partial charge in [0.05, 0.1) is 11.4 Å². The monoisotopic (exact) mass is 504 g/mol. The van der Waals surface area contributed by atoms with Crippen molar-refractivity contribution >= 4 is 45.2 Å². The fraction of sp³-hybridized carbons (Fsp3) is 0.600. The molecule has 0 aliphatic carbocycles. The van der Waals surface area contributed by atoms with E-state index in [1.807, 2.05) is 11.8 Å². The first-order chi connectivity index (χ1) is 16.4. The van der Waals surface area contributed by atoms with Gasteiger partial charge in [0, 0.05) is 44.1 Å². The number of carbonyl (C=O) groups excluding carboxylic acids is 3. The minimum Gasteiger partial charge on any atom is -0.456 e. The molecule has 0 atom stereocenters. The number of hydrogen-bond donors (Lipinski definition) is 1. The second kappa shape index (κ2) is 10.8. The summed E-state index contributed by atoms with van der Waals surface area (Å²) >= 11 is 1.19. The lowest BCUT2D eigenvalue weighted by molar-refractivity contribution is -0.127. The standard InChI is InChI=1S/C19H25N3O4S.C6H11NO/c1-10-12-13(20)15(17(23)26-19(3,4)5)27-16(12)21-11(2)14(10)25-18(24)22-8-6-7-9-22;1-6(8)7-4-2-3-5-7/h6-9,20H2,1-5H3;2-5H2,1H3. The molecule has 0 bridgehead atoms. The summed E-state index contributed by atoms with van der Waals surface area (Å²) in [5.41, 5.74) is 7.24. The Morgan fingerprint density at radius 2 is 1.51 bits per heavy atom. The number of esters is 1. The van der Waals surface area contributed by atoms with Crippen molar-refractivity contribution in [2.45, 2.75) is 72.8 Å². The zero-order chi connectivity index (χ0) is 25.9. The van der Waals surface area contributed by atoms with Crippen LogP contribution in [-0.2, 0) is 9.53 Å². The summed E-state index contributed by atoms with van der Waals surface area (Å²) in [4.78, 5) is 44.5. The van der Waals surface area contributed by atoms with Crippen LogP contribution in [0.2, 0.25) is 0 Å². The van der Waals surface area contributed by atoms with E-state index < -0.39 is 11.6 Å². The van der Waals surface area contributed by atoms with Gasteiger partial charge in [-0.25, -0.2) is 14.6 Å². The fourth-order valence-electron chi connectivity index (χ4n) is 4.17. The second-order valence-corrected chi connectivity index (χ2v) is 11.0. The number of hydrogen-bond acceptors (Lipinski definition) is 8. The van der Waals surface area contributed by atoms with Crippen molar-refractivity contribution < 1.29 is 23.9 Å². The third-order valence-corrected chi connectivity index (χ3v) is 7.01. The number of nitrogens with two attached hydrogens (primary N) is 1. The highest BCUT2D eigenvalue weighted by Gasteiger charge is 2.27. The molecule has 2 aliphatic rings. The topological polar surface area (TPSA) is 115 Å². The quantitative estimate of drug-likeness (QED) is 0.591. The van der Waals surface area contributed by atoms with Crippen LogP contribution in [0.3, 0.4) is 0 Å². The van der Waals surface area contributed by atoms with Crippen LogP contribution in [0.1, 0.15) is 74.3 Å². The Balaban J connectivity index is 0.000000363. The van der Waals surface area contributed by atoms with Crippen LogP contribution in [0.15, 0.2) is 0 Å². The van der Waals surface area contributed by atoms with Crippen molar-refractivity contribution in [2.24, 2.45) is 0 Å². The van der Waals surface area contributed by atoms with Crippen molar-refractivity contribution in [3.05, 3.63) is 16.1 Å². The molecule has 2 N–H and O–H groups in total. The number of pyridine rings is 1. The number of amides is 2. The first-order valence-electron chi connectivity index (χ1n) is 12.0. The summed E-state index contributed by atoms with van der Waals surface area (Å²) in [7, 11) is 0. The highest BCUT2D eigenvalue weighted by atomic mass is 32.1. The second-order valence-electron chi connectivity index (χ2n) is 9.95. The van der Waals surface area contributed by atoms with Crippen molar-refractivity contribution in [2.75, 3.05) is 31.9 Å². The highest BCUT2D eigenvalue weighted by molar-refractivity contribution is 7.21. The third kappa shape index (κ3) is 6.42. The molecule has 10 heteroatoms. The number of nitrogens with zero attached hydrogens (tertiary/aromatic N) is 3. The molecule has 0 radical (unpaired) electrons. The average Bonchev–Trinajstić information content (AvgIpc) is 3.51. The number of ether oxygens (including phenoxy) is 2. The van der Waals surface area contributed by atoms with Crippen LogP contribution in [-0.4, -0.2) is 64.5 Å². The molecule has 2 aromatic rings. The van der Waals surface area contributed by atoms with Crippen LogP contribution in [0.4, 0.5) is 10.5 Å². The molecule has 0 unspecified atom stereocenters. The lowest BCUT2D eigenvalue weighted by Crippen LogP contribution is -2.31. The summed E-state index contributed by atoms with van der Waals surface area (Å²) < 4.78 is 11.1. The summed E-state index contributed by atoms with van der Waals surface area (Å²) in [5.74, 6) is 0.151. The number of anilines is 1. The summed E-state index contributed by atoms with van der Waals surface area (Å²) in [5, 5.41) is 0.635. The number of fused-ring (bicyclic) bond motifs is 1. The molecule has 192 valence electrons. The van der Waals surface area contributed by atoms with E-state index in [1.165, 1.54) is 24.2 Å². The molecule has 0 saturated carbocycles. The van der Waals surface area contributed by atoms with Crippen molar-refractivity contribution in [3.63, 3.8) is 0 Å². The molecule has 4 rings (SSSR count). The van der Waals surface area contributed by atoms with Crippen LogP contribution < -0.4 is 10.5 Å². The summed E-state index contributed by atoms with van der Waals surface area (Å²) in [6.07, 6.45) is 3.99. The molecule has 4 heterocycles. The number of likely N-dealkylation sites (tertiary alicyclic amines) is 2. The number of nitrogen functional groups attached to an aromatic ring is 1. The number of carbonyl (C=O) groups is 3. The van der Waals surface area contributed by atoms with Gasteiger partial charge in [-0.3, -0.25) is 4.79 Å². The molecule has 2 amide bonds. The van der Waals surface area contributed by atoms with Gasteiger partial charge in [0.2, 0.25) is 5.91 Å². The van der Waals surface area contributed by atoms with Crippen LogP contribution >= 0.6 is 11.3 Å². The number of aryl methyl sites for hydroxylation is 2. The van der Waals surface area contributed by atoms with Crippen LogP contribution in [0.25, 0.3) is 10.2 Å². The molecule has 9 nitrogen and oxygen atoms in total. The molecule has 0 spiro atoms. The average molecular weight is 505 g/mol. The summed E-state index contributed by atoms with van der Waals surface area (Å²) in [6.45, 7) is 14.0. The normalized spacial score (nSPS) is 15.7. The minimum absolute atomic E-state index is 0.225. The zero-order valence-electron chi connectivity index (χ0n) is 21.5. The van der Waals surface area contributed by atoms with Gasteiger partial charge >= 0.3 is 12.1 Å². The molecular weight excluding hydrogens is 468 g/mol. The van der Waals surface area contributed by atoms with Gasteiger partial charge in [0.1, 0.15) is 15.3 Å². The minimum atomic E-state index is -0.617. The lowest BCUT2D eigenvalue weighted by atomic mass is 10.1. The molecule has 0 aromatic carbocycles. The first-order valence-corrected chi connectivity index (χ1v) is 12.9. The lowest BCUT2D eigenvalue weighted by Gasteiger charge is -2.19. The Morgan fingerprint density at radius 3 is 2.00 bits per heavy atom. The Kier molecular flexibility index (Phi) is 8.25. The van der Waals surface area contributed by atoms with Gasteiger partial charge in [-0.15, -0.1) is 11.3 Å². The number of rotatable bonds is 2. The van der Waals surface area contributed by atoms with E-state index in [4.69, 9.17) is 15.2 Å². The predicted molar refractivity (Wildman–Crippen MR) is 137 cm³/mol. The van der Waals surface area contributed by atoms with E-state index in [-0.39, 0.29) is 12.0 Å². The Morgan fingerprint density at radius 1 is 0.971 bits per heavy atom. The molecule has 35 heavy (non-hydrogen) atoms. The van der Waals surface area contributed by atoms with Gasteiger partial charge in [0.15, 0.2) is 5.75 Å². The summed E-state index contributed by atoms with van der Waals surface area (Å²) in [6, 6.07) is 0. The maximum Gasteiger partial charge on any atom is 0.415 e. The zero-order valence-corrected chi connectivity index (χ0v) is 22.3. The van der Waals surface area contributed by atoms with Gasteiger partial charge < -0.3 is 25.0 Å². The maximum atomic E-state index is 12.5. The Hall–Kier alpha value is -2.88. The fourth-order valence-corrected chi connectivity index (χ4v) is 5.25. The molecule has 2 aliphatic heterocycles. The van der Waals surface area contributed by atoms with Crippen LogP contribution in [0.5, 0.6) is 5.75 Å². The molecule has 2 saturated heterocycles. The maximum absolute atomic E-state index is 12.5. The predicted octanol–water partition coefficient (Wildman–Crippen LogP) is 4.67. The Bertz CT molecular complexity index is 1110. The highest BCUT2D eigenvalue weighted by Crippen LogP contribution is 2.40. The Labute approximate surface area is 210 Å². The van der Waals surface area contributed by atoms with E-state index >= 15 is 0 Å². The van der Waals surface area contributed by atoms with E-state index in [0.29, 0.717) is 50.9 Å². The van der Waals surface area contributed by atoms with E-state index in [1.54, 1.807) is 39.5 Å². The van der Waals surface area contributed by atoms with Gasteiger partial charge in [0.25, 0.3) is 0 Å². The first kappa shape index (κ1) is 26.7. The van der Waals surface area contributed by atoms with Gasteiger partial charge in [-0.05, 0) is 60.3 Å². The smallest absolute Gasteiger partial charge is 0.415 e. The number of aromatic nitrogens is 1. The van der Waals surface area contributed by atoms with Crippen molar-refractivity contribution in [1.82, 2.24) is 14.8 Å². The van der Waals surface area contributed by atoms with E-state index in [9.17, 15) is 14.4 Å². The largest absolute Gasteiger partial charge is 0.456 e. The number of thiophene rings is 1. The molecule has 2 aromatic heterocycles. The van der Waals surface area contributed by atoms with Gasteiger partial charge in [-0.2, -0.15) is 0 Å².